The van der Waals surface area contributed by atoms with E-state index in [-0.39, 0.29) is 17.4 Å². The molecule has 0 aliphatic rings. The van der Waals surface area contributed by atoms with E-state index < -0.39 is 12.8 Å². The second-order valence-corrected chi connectivity index (χ2v) is 4.66. The summed E-state index contributed by atoms with van der Waals surface area (Å²) in [5, 5.41) is 2.70. The van der Waals surface area contributed by atoms with Gasteiger partial charge in [-0.1, -0.05) is 6.07 Å². The second-order valence-electron chi connectivity index (χ2n) is 4.66. The molecule has 0 aromatic carbocycles. The van der Waals surface area contributed by atoms with Crippen molar-refractivity contribution in [3.05, 3.63) is 54.0 Å². The number of pyridine rings is 2. The number of nitrogens with zero attached hydrogens (tertiary/aromatic N) is 2. The Labute approximate surface area is 130 Å². The third-order valence-electron chi connectivity index (χ3n) is 2.80. The van der Waals surface area contributed by atoms with Crippen LogP contribution in [0.4, 0.5) is 13.2 Å². The van der Waals surface area contributed by atoms with Crippen molar-refractivity contribution >= 4 is 5.91 Å². The van der Waals surface area contributed by atoms with Gasteiger partial charge in [-0.3, -0.25) is 9.78 Å². The first-order valence-electron chi connectivity index (χ1n) is 6.77. The van der Waals surface area contributed by atoms with Gasteiger partial charge in [-0.15, -0.1) is 0 Å². The van der Waals surface area contributed by atoms with E-state index in [1.165, 1.54) is 18.3 Å². The molecule has 0 saturated heterocycles. The number of rotatable bonds is 6. The number of halogens is 3. The van der Waals surface area contributed by atoms with Gasteiger partial charge < -0.3 is 10.1 Å². The summed E-state index contributed by atoms with van der Waals surface area (Å²) in [6.07, 6.45) is 0.742. The van der Waals surface area contributed by atoms with Crippen molar-refractivity contribution in [3.8, 4) is 5.88 Å². The summed E-state index contributed by atoms with van der Waals surface area (Å²) in [6, 6.07) is 6.29. The number of hydrogen-bond donors (Lipinski definition) is 1. The lowest BCUT2D eigenvalue weighted by molar-refractivity contribution is -0.154. The predicted octanol–water partition coefficient (Wildman–Crippen LogP) is 2.39. The first kappa shape index (κ1) is 16.7. The lowest BCUT2D eigenvalue weighted by Gasteiger charge is -2.09. The zero-order chi connectivity index (χ0) is 16.7. The summed E-state index contributed by atoms with van der Waals surface area (Å²) < 4.78 is 40.5. The molecule has 0 spiro atoms. The van der Waals surface area contributed by atoms with Crippen LogP contribution in [0.5, 0.6) is 5.88 Å². The second kappa shape index (κ2) is 7.57. The van der Waals surface area contributed by atoms with Crippen LogP contribution in [0.3, 0.4) is 0 Å². The summed E-state index contributed by atoms with van der Waals surface area (Å²) in [7, 11) is 0. The van der Waals surface area contributed by atoms with E-state index in [0.717, 1.165) is 5.56 Å². The lowest BCUT2D eigenvalue weighted by Crippen LogP contribution is -2.26. The molecule has 0 aliphatic heterocycles. The Morgan fingerprint density at radius 2 is 2.04 bits per heavy atom. The minimum absolute atomic E-state index is 0.186. The summed E-state index contributed by atoms with van der Waals surface area (Å²) in [5.41, 5.74) is 1.23. The van der Waals surface area contributed by atoms with Gasteiger partial charge in [0.25, 0.3) is 5.91 Å². The van der Waals surface area contributed by atoms with Crippen molar-refractivity contribution in [2.45, 2.75) is 12.6 Å². The van der Waals surface area contributed by atoms with Gasteiger partial charge in [0.15, 0.2) is 6.61 Å². The SMILES string of the molecule is O=C(NCCc1cccnc1)c1ccc(OCC(F)(F)F)nc1. The summed E-state index contributed by atoms with van der Waals surface area (Å²) in [5.74, 6) is -0.544. The number of nitrogens with one attached hydrogen (secondary N) is 1. The zero-order valence-corrected chi connectivity index (χ0v) is 12.0. The highest BCUT2D eigenvalue weighted by atomic mass is 19.4. The highest BCUT2D eigenvalue weighted by Crippen LogP contribution is 2.17. The molecule has 2 heterocycles. The summed E-state index contributed by atoms with van der Waals surface area (Å²) >= 11 is 0. The molecule has 0 unspecified atom stereocenters. The van der Waals surface area contributed by atoms with Gasteiger partial charge >= 0.3 is 6.18 Å². The maximum absolute atomic E-state index is 12.0. The molecule has 23 heavy (non-hydrogen) atoms. The first-order chi connectivity index (χ1) is 10.9. The van der Waals surface area contributed by atoms with E-state index >= 15 is 0 Å². The van der Waals surface area contributed by atoms with Crippen LogP contribution in [0, 0.1) is 0 Å². The molecular formula is C15H14F3N3O2. The van der Waals surface area contributed by atoms with Crippen LogP contribution in [-0.2, 0) is 6.42 Å². The van der Waals surface area contributed by atoms with Crippen LogP contribution >= 0.6 is 0 Å². The van der Waals surface area contributed by atoms with E-state index in [4.69, 9.17) is 0 Å². The molecular weight excluding hydrogens is 311 g/mol. The van der Waals surface area contributed by atoms with Crippen LogP contribution in [0.25, 0.3) is 0 Å². The third-order valence-corrected chi connectivity index (χ3v) is 2.80. The Kier molecular flexibility index (Phi) is 5.51. The van der Waals surface area contributed by atoms with Gasteiger partial charge in [0.2, 0.25) is 5.88 Å². The van der Waals surface area contributed by atoms with Crippen LogP contribution in [-0.4, -0.2) is 35.2 Å². The summed E-state index contributed by atoms with van der Waals surface area (Å²) in [4.78, 5) is 19.5. The van der Waals surface area contributed by atoms with E-state index in [0.29, 0.717) is 13.0 Å². The van der Waals surface area contributed by atoms with Gasteiger partial charge in [0.05, 0.1) is 5.56 Å². The Morgan fingerprint density at radius 3 is 2.65 bits per heavy atom. The zero-order valence-electron chi connectivity index (χ0n) is 12.0. The van der Waals surface area contributed by atoms with Gasteiger partial charge in [-0.05, 0) is 24.1 Å². The number of hydrogen-bond acceptors (Lipinski definition) is 4. The average molecular weight is 325 g/mol. The Hall–Kier alpha value is -2.64. The van der Waals surface area contributed by atoms with Crippen molar-refractivity contribution in [2.75, 3.05) is 13.2 Å². The van der Waals surface area contributed by atoms with Gasteiger partial charge in [-0.25, -0.2) is 4.98 Å². The number of aromatic nitrogens is 2. The molecule has 0 saturated carbocycles. The van der Waals surface area contributed by atoms with E-state index in [1.807, 2.05) is 6.07 Å². The topological polar surface area (TPSA) is 64.1 Å². The van der Waals surface area contributed by atoms with Crippen LogP contribution in [0.1, 0.15) is 15.9 Å². The van der Waals surface area contributed by atoms with Crippen molar-refractivity contribution in [2.24, 2.45) is 0 Å². The normalized spacial score (nSPS) is 11.1. The molecule has 0 bridgehead atoms. The van der Waals surface area contributed by atoms with Crippen LogP contribution < -0.4 is 10.1 Å². The number of ether oxygens (including phenoxy) is 1. The molecule has 122 valence electrons. The highest BCUT2D eigenvalue weighted by molar-refractivity contribution is 5.93. The molecule has 1 amide bonds. The molecule has 0 radical (unpaired) electrons. The fourth-order valence-corrected chi connectivity index (χ4v) is 1.72. The van der Waals surface area contributed by atoms with Crippen LogP contribution in [0.2, 0.25) is 0 Å². The fourth-order valence-electron chi connectivity index (χ4n) is 1.72. The van der Waals surface area contributed by atoms with Crippen molar-refractivity contribution in [3.63, 3.8) is 0 Å². The summed E-state index contributed by atoms with van der Waals surface area (Å²) in [6.45, 7) is -1.01. The number of amides is 1. The quantitative estimate of drug-likeness (QED) is 0.886. The van der Waals surface area contributed by atoms with Crippen molar-refractivity contribution < 1.29 is 22.7 Å². The maximum Gasteiger partial charge on any atom is 0.422 e. The van der Waals surface area contributed by atoms with E-state index in [9.17, 15) is 18.0 Å². The Morgan fingerprint density at radius 1 is 1.22 bits per heavy atom. The molecule has 2 rings (SSSR count). The maximum atomic E-state index is 12.0. The third kappa shape index (κ3) is 5.93. The lowest BCUT2D eigenvalue weighted by atomic mass is 10.2. The minimum atomic E-state index is -4.43. The number of alkyl halides is 3. The fraction of sp³-hybridized carbons (Fsp3) is 0.267. The van der Waals surface area contributed by atoms with E-state index in [2.05, 4.69) is 20.0 Å². The van der Waals surface area contributed by atoms with Crippen molar-refractivity contribution in [1.82, 2.24) is 15.3 Å². The largest absolute Gasteiger partial charge is 0.468 e. The number of carbonyl (C=O) groups excluding carboxylic acids is 1. The van der Waals surface area contributed by atoms with Gasteiger partial charge in [-0.2, -0.15) is 13.2 Å². The molecule has 8 heteroatoms. The van der Waals surface area contributed by atoms with E-state index in [1.54, 1.807) is 18.5 Å². The smallest absolute Gasteiger partial charge is 0.422 e. The molecule has 0 aliphatic carbocycles. The van der Waals surface area contributed by atoms with Crippen molar-refractivity contribution in [1.29, 1.82) is 0 Å². The minimum Gasteiger partial charge on any atom is -0.468 e. The molecule has 0 fully saturated rings. The molecule has 2 aromatic rings. The molecule has 5 nitrogen and oxygen atoms in total. The number of carbonyl (C=O) groups is 1. The monoisotopic (exact) mass is 325 g/mol. The molecule has 1 N–H and O–H groups in total. The Bertz CT molecular complexity index is 631. The Balaban J connectivity index is 1.80. The predicted molar refractivity (Wildman–Crippen MR) is 76.1 cm³/mol. The standard InChI is InChI=1S/C15H14F3N3O2/c16-15(17,18)10-23-13-4-3-12(9-21-13)14(22)20-7-5-11-2-1-6-19-8-11/h1-4,6,8-9H,5,7,10H2,(H,20,22). The first-order valence-corrected chi connectivity index (χ1v) is 6.77. The van der Waals surface area contributed by atoms with Gasteiger partial charge in [0, 0.05) is 31.2 Å². The highest BCUT2D eigenvalue weighted by Gasteiger charge is 2.28. The molecule has 0 atom stereocenters. The molecule has 2 aromatic heterocycles. The van der Waals surface area contributed by atoms with Gasteiger partial charge in [0.1, 0.15) is 0 Å². The van der Waals surface area contributed by atoms with Crippen LogP contribution in [0.15, 0.2) is 42.9 Å². The average Bonchev–Trinajstić information content (AvgIpc) is 2.54.